The van der Waals surface area contributed by atoms with Gasteiger partial charge in [0.05, 0.1) is 31.7 Å². The van der Waals surface area contributed by atoms with Gasteiger partial charge in [-0.05, 0) is 82.2 Å². The number of nitrogens with zero attached hydrogens (tertiary/aromatic N) is 2. The molecule has 0 aliphatic carbocycles. The highest BCUT2D eigenvalue weighted by Gasteiger charge is 2.32. The van der Waals surface area contributed by atoms with E-state index in [-0.39, 0.29) is 6.04 Å². The molecule has 0 spiro atoms. The van der Waals surface area contributed by atoms with Crippen molar-refractivity contribution in [3.05, 3.63) is 117 Å². The molecular weight excluding hydrogens is 616 g/mol. The van der Waals surface area contributed by atoms with Crippen molar-refractivity contribution in [1.82, 2.24) is 0 Å². The van der Waals surface area contributed by atoms with E-state index < -0.39 is 0 Å². The first-order chi connectivity index (χ1) is 19.1. The van der Waals surface area contributed by atoms with Crippen molar-refractivity contribution in [2.75, 3.05) is 19.2 Å². The van der Waals surface area contributed by atoms with Crippen LogP contribution in [0.3, 0.4) is 0 Å². The standard InChI is InChI=1S/C33H26Br2N2O2/c1-38-31-16-8-21-18-23(34)10-13-27(21)29(31)15-12-25-20-30(37(36-25)26-6-4-3-5-7-26)33-28-14-11-24(35)19-22(28)9-17-32(33)39-2/h3-19,30H,20H2,1-2H3/b15-12+. The van der Waals surface area contributed by atoms with Crippen LogP contribution in [0, 0.1) is 0 Å². The summed E-state index contributed by atoms with van der Waals surface area (Å²) in [6.07, 6.45) is 4.97. The molecular formula is C33H26Br2N2O2. The molecule has 0 fully saturated rings. The topological polar surface area (TPSA) is 34.1 Å². The first kappa shape index (κ1) is 25.7. The fourth-order valence-corrected chi connectivity index (χ4v) is 6.10. The maximum atomic E-state index is 5.91. The van der Waals surface area contributed by atoms with Gasteiger partial charge in [-0.25, -0.2) is 0 Å². The molecule has 1 unspecified atom stereocenters. The number of halogens is 2. The molecule has 6 heteroatoms. The first-order valence-corrected chi connectivity index (χ1v) is 14.3. The second kappa shape index (κ2) is 10.9. The van der Waals surface area contributed by atoms with E-state index in [4.69, 9.17) is 14.6 Å². The largest absolute Gasteiger partial charge is 0.496 e. The van der Waals surface area contributed by atoms with E-state index in [1.54, 1.807) is 14.2 Å². The van der Waals surface area contributed by atoms with Gasteiger partial charge in [0, 0.05) is 26.5 Å². The van der Waals surface area contributed by atoms with Gasteiger partial charge in [-0.15, -0.1) is 0 Å². The second-order valence-electron chi connectivity index (χ2n) is 9.42. The van der Waals surface area contributed by atoms with Gasteiger partial charge in [-0.2, -0.15) is 5.10 Å². The zero-order valence-electron chi connectivity index (χ0n) is 21.6. The number of para-hydroxylation sites is 1. The number of hydrogen-bond acceptors (Lipinski definition) is 4. The molecule has 1 aliphatic heterocycles. The van der Waals surface area contributed by atoms with Crippen molar-refractivity contribution in [1.29, 1.82) is 0 Å². The molecule has 0 N–H and O–H groups in total. The Balaban J connectivity index is 1.46. The van der Waals surface area contributed by atoms with E-state index in [0.29, 0.717) is 0 Å². The predicted molar refractivity (Wildman–Crippen MR) is 169 cm³/mol. The molecule has 0 radical (unpaired) electrons. The fraction of sp³-hybridized carbons (Fsp3) is 0.121. The van der Waals surface area contributed by atoms with Crippen molar-refractivity contribution >= 4 is 70.9 Å². The van der Waals surface area contributed by atoms with Crippen LogP contribution < -0.4 is 14.5 Å². The van der Waals surface area contributed by atoms with Crippen LogP contribution in [0.15, 0.2) is 111 Å². The number of ether oxygens (including phenoxy) is 2. The number of hydrazone groups is 1. The molecule has 0 saturated carbocycles. The summed E-state index contributed by atoms with van der Waals surface area (Å²) in [5, 5.41) is 11.8. The van der Waals surface area contributed by atoms with Gasteiger partial charge in [-0.3, -0.25) is 5.01 Å². The van der Waals surface area contributed by atoms with E-state index in [9.17, 15) is 0 Å². The average Bonchev–Trinajstić information content (AvgIpc) is 3.39. The van der Waals surface area contributed by atoms with Crippen molar-refractivity contribution in [3.8, 4) is 11.5 Å². The Morgan fingerprint density at radius 2 is 1.38 bits per heavy atom. The lowest BCUT2D eigenvalue weighted by atomic mass is 9.94. The molecule has 0 aromatic heterocycles. The Hall–Kier alpha value is -3.61. The molecule has 1 heterocycles. The number of anilines is 1. The van der Waals surface area contributed by atoms with E-state index in [0.717, 1.165) is 70.9 Å². The molecule has 1 atom stereocenters. The molecule has 5 aromatic rings. The van der Waals surface area contributed by atoms with Gasteiger partial charge < -0.3 is 9.47 Å². The highest BCUT2D eigenvalue weighted by molar-refractivity contribution is 9.10. The van der Waals surface area contributed by atoms with Crippen molar-refractivity contribution in [3.63, 3.8) is 0 Å². The number of hydrogen-bond donors (Lipinski definition) is 0. The zero-order chi connectivity index (χ0) is 26.9. The lowest BCUT2D eigenvalue weighted by Gasteiger charge is -2.26. The van der Waals surface area contributed by atoms with Crippen LogP contribution in [0.1, 0.15) is 23.6 Å². The number of rotatable bonds is 6. The number of allylic oxidation sites excluding steroid dienone is 1. The zero-order valence-corrected chi connectivity index (χ0v) is 24.7. The van der Waals surface area contributed by atoms with Crippen LogP contribution in [-0.4, -0.2) is 19.9 Å². The van der Waals surface area contributed by atoms with Crippen LogP contribution in [-0.2, 0) is 0 Å². The SMILES string of the molecule is COc1ccc2cc(Br)ccc2c1/C=C/C1=NN(c2ccccc2)C(c2c(OC)ccc3cc(Br)ccc23)C1. The number of methoxy groups -OCH3 is 2. The van der Waals surface area contributed by atoms with Crippen LogP contribution in [0.25, 0.3) is 27.6 Å². The van der Waals surface area contributed by atoms with Gasteiger partial charge in [0.2, 0.25) is 0 Å². The Kier molecular flexibility index (Phi) is 7.15. The third kappa shape index (κ3) is 4.95. The van der Waals surface area contributed by atoms with Gasteiger partial charge in [0.15, 0.2) is 0 Å². The molecule has 5 aromatic carbocycles. The first-order valence-electron chi connectivity index (χ1n) is 12.7. The summed E-state index contributed by atoms with van der Waals surface area (Å²) >= 11 is 7.21. The van der Waals surface area contributed by atoms with E-state index >= 15 is 0 Å². The van der Waals surface area contributed by atoms with Gasteiger partial charge in [0.25, 0.3) is 0 Å². The minimum atomic E-state index is -0.0303. The van der Waals surface area contributed by atoms with Gasteiger partial charge >= 0.3 is 0 Å². The predicted octanol–water partition coefficient (Wildman–Crippen LogP) is 9.56. The summed E-state index contributed by atoms with van der Waals surface area (Å²) in [7, 11) is 3.45. The molecule has 0 bridgehead atoms. The maximum absolute atomic E-state index is 5.91. The Labute approximate surface area is 244 Å². The van der Waals surface area contributed by atoms with Crippen molar-refractivity contribution in [2.45, 2.75) is 12.5 Å². The Morgan fingerprint density at radius 3 is 2.08 bits per heavy atom. The minimum absolute atomic E-state index is 0.0303. The average molecular weight is 642 g/mol. The molecule has 39 heavy (non-hydrogen) atoms. The third-order valence-electron chi connectivity index (χ3n) is 7.14. The lowest BCUT2D eigenvalue weighted by molar-refractivity contribution is 0.406. The van der Waals surface area contributed by atoms with E-state index in [2.05, 4.69) is 116 Å². The summed E-state index contributed by atoms with van der Waals surface area (Å²) < 4.78 is 13.7. The van der Waals surface area contributed by atoms with Crippen molar-refractivity contribution in [2.24, 2.45) is 5.10 Å². The highest BCUT2D eigenvalue weighted by Crippen LogP contribution is 2.43. The Bertz CT molecular complexity index is 1750. The monoisotopic (exact) mass is 640 g/mol. The highest BCUT2D eigenvalue weighted by atomic mass is 79.9. The fourth-order valence-electron chi connectivity index (χ4n) is 5.34. The summed E-state index contributed by atoms with van der Waals surface area (Å²) in [4.78, 5) is 0. The summed E-state index contributed by atoms with van der Waals surface area (Å²) in [6.45, 7) is 0. The summed E-state index contributed by atoms with van der Waals surface area (Å²) in [5.74, 6) is 1.69. The molecule has 0 amide bonds. The van der Waals surface area contributed by atoms with Crippen molar-refractivity contribution < 1.29 is 9.47 Å². The Morgan fingerprint density at radius 1 is 0.744 bits per heavy atom. The molecule has 0 saturated heterocycles. The molecule has 4 nitrogen and oxygen atoms in total. The van der Waals surface area contributed by atoms with Crippen LogP contribution in [0.2, 0.25) is 0 Å². The molecule has 1 aliphatic rings. The summed E-state index contributed by atoms with van der Waals surface area (Å²) in [5.41, 5.74) is 4.18. The van der Waals surface area contributed by atoms with Gasteiger partial charge in [0.1, 0.15) is 11.5 Å². The summed E-state index contributed by atoms with van der Waals surface area (Å²) in [6, 6.07) is 31.3. The van der Waals surface area contributed by atoms with Gasteiger partial charge in [-0.1, -0.05) is 74.3 Å². The number of benzene rings is 5. The van der Waals surface area contributed by atoms with E-state index in [1.165, 1.54) is 0 Å². The molecule has 194 valence electrons. The minimum Gasteiger partial charge on any atom is -0.496 e. The van der Waals surface area contributed by atoms with Crippen LogP contribution in [0.4, 0.5) is 5.69 Å². The van der Waals surface area contributed by atoms with Crippen LogP contribution >= 0.6 is 31.9 Å². The van der Waals surface area contributed by atoms with E-state index in [1.807, 2.05) is 24.3 Å². The van der Waals surface area contributed by atoms with Crippen LogP contribution in [0.5, 0.6) is 11.5 Å². The second-order valence-corrected chi connectivity index (χ2v) is 11.2. The smallest absolute Gasteiger partial charge is 0.126 e. The third-order valence-corrected chi connectivity index (χ3v) is 8.12. The molecule has 6 rings (SSSR count). The quantitative estimate of drug-likeness (QED) is 0.185. The maximum Gasteiger partial charge on any atom is 0.126 e. The normalized spacial score (nSPS) is 15.3. The lowest BCUT2D eigenvalue weighted by Crippen LogP contribution is -2.19. The number of fused-ring (bicyclic) bond motifs is 2.